The molecule has 0 saturated carbocycles. The van der Waals surface area contributed by atoms with E-state index in [1.54, 1.807) is 6.26 Å². The fourth-order valence-electron chi connectivity index (χ4n) is 0.666. The van der Waals surface area contributed by atoms with Gasteiger partial charge in [0, 0.05) is 37.2 Å². The number of hydrogen-bond acceptors (Lipinski definition) is 3. The summed E-state index contributed by atoms with van der Waals surface area (Å²) < 4.78 is 5.04. The zero-order chi connectivity index (χ0) is 11.4. The molecule has 0 aliphatic rings. The SMILES string of the molecule is CC.CO/N=C(\C)c1ccco1.II. The molecule has 0 aliphatic heterocycles. The van der Waals surface area contributed by atoms with Crippen LogP contribution in [0.4, 0.5) is 0 Å². The average molecular weight is 423 g/mol. The van der Waals surface area contributed by atoms with Crippen molar-refractivity contribution in [1.29, 1.82) is 0 Å². The Bertz CT molecular complexity index is 223. The van der Waals surface area contributed by atoms with E-state index in [0.717, 1.165) is 11.5 Å². The van der Waals surface area contributed by atoms with Gasteiger partial charge in [0.05, 0.1) is 6.26 Å². The monoisotopic (exact) mass is 423 g/mol. The van der Waals surface area contributed by atoms with Crippen molar-refractivity contribution < 1.29 is 9.25 Å². The maximum atomic E-state index is 5.04. The van der Waals surface area contributed by atoms with Crippen LogP contribution in [-0.2, 0) is 4.84 Å². The third-order valence-electron chi connectivity index (χ3n) is 1.11. The molecule has 0 amide bonds. The lowest BCUT2D eigenvalue weighted by Crippen LogP contribution is -1.91. The van der Waals surface area contributed by atoms with Gasteiger partial charge in [-0.2, -0.15) is 0 Å². The molecule has 1 heterocycles. The van der Waals surface area contributed by atoms with Crippen LogP contribution in [-0.4, -0.2) is 12.8 Å². The largest absolute Gasteiger partial charge is 0.463 e. The predicted octanol–water partition coefficient (Wildman–Crippen LogP) is 4.45. The van der Waals surface area contributed by atoms with Gasteiger partial charge in [0.25, 0.3) is 0 Å². The van der Waals surface area contributed by atoms with Gasteiger partial charge in [-0.05, 0) is 19.1 Å². The van der Waals surface area contributed by atoms with E-state index in [9.17, 15) is 0 Å². The molecule has 0 N–H and O–H groups in total. The zero-order valence-corrected chi connectivity index (χ0v) is 13.1. The summed E-state index contributed by atoms with van der Waals surface area (Å²) in [6.45, 7) is 5.82. The molecular formula is C9H15I2NO2. The van der Waals surface area contributed by atoms with Crippen LogP contribution < -0.4 is 0 Å². The van der Waals surface area contributed by atoms with Crippen molar-refractivity contribution in [3.8, 4) is 0 Å². The summed E-state index contributed by atoms with van der Waals surface area (Å²) in [6, 6.07) is 3.64. The molecule has 0 fully saturated rings. The van der Waals surface area contributed by atoms with Crippen LogP contribution in [0, 0.1) is 0 Å². The molecule has 0 saturated heterocycles. The van der Waals surface area contributed by atoms with Crippen molar-refractivity contribution in [1.82, 2.24) is 0 Å². The van der Waals surface area contributed by atoms with E-state index in [1.807, 2.05) is 32.9 Å². The molecule has 0 unspecified atom stereocenters. The molecular weight excluding hydrogens is 408 g/mol. The molecule has 82 valence electrons. The smallest absolute Gasteiger partial charge is 0.151 e. The molecule has 14 heavy (non-hydrogen) atoms. The first-order valence-electron chi connectivity index (χ1n) is 4.10. The van der Waals surface area contributed by atoms with Gasteiger partial charge in [0.15, 0.2) is 5.76 Å². The Labute approximate surface area is 109 Å². The lowest BCUT2D eigenvalue weighted by atomic mass is 10.3. The molecule has 1 aromatic rings. The number of nitrogens with zero attached hydrogens (tertiary/aromatic N) is 1. The molecule has 1 aromatic heterocycles. The first-order chi connectivity index (χ1) is 6.84. The highest BCUT2D eigenvalue weighted by Gasteiger charge is 1.98. The lowest BCUT2D eigenvalue weighted by Gasteiger charge is -1.91. The van der Waals surface area contributed by atoms with Gasteiger partial charge in [0.1, 0.15) is 12.8 Å². The van der Waals surface area contributed by atoms with Crippen LogP contribution in [0.3, 0.4) is 0 Å². The van der Waals surface area contributed by atoms with Crippen LogP contribution in [0.2, 0.25) is 0 Å². The van der Waals surface area contributed by atoms with Gasteiger partial charge in [0.2, 0.25) is 0 Å². The van der Waals surface area contributed by atoms with Crippen molar-refractivity contribution >= 4 is 42.9 Å². The van der Waals surface area contributed by atoms with Crippen molar-refractivity contribution in [2.45, 2.75) is 20.8 Å². The van der Waals surface area contributed by atoms with Gasteiger partial charge in [-0.15, -0.1) is 0 Å². The Morgan fingerprint density at radius 2 is 2.00 bits per heavy atom. The predicted molar refractivity (Wildman–Crippen MR) is 77.3 cm³/mol. The molecule has 0 bridgehead atoms. The molecule has 0 aliphatic carbocycles. The van der Waals surface area contributed by atoms with Crippen LogP contribution in [0.15, 0.2) is 28.0 Å². The van der Waals surface area contributed by atoms with Gasteiger partial charge < -0.3 is 9.25 Å². The third kappa shape index (κ3) is 7.60. The molecule has 0 aromatic carbocycles. The van der Waals surface area contributed by atoms with E-state index < -0.39 is 0 Å². The quantitative estimate of drug-likeness (QED) is 0.401. The van der Waals surface area contributed by atoms with E-state index in [2.05, 4.69) is 47.2 Å². The van der Waals surface area contributed by atoms with Gasteiger partial charge in [-0.25, -0.2) is 0 Å². The first-order valence-corrected chi connectivity index (χ1v) is 10.4. The van der Waals surface area contributed by atoms with Crippen molar-refractivity contribution in [2.24, 2.45) is 5.16 Å². The maximum absolute atomic E-state index is 5.04. The van der Waals surface area contributed by atoms with Crippen molar-refractivity contribution in [3.05, 3.63) is 24.2 Å². The Morgan fingerprint density at radius 3 is 2.36 bits per heavy atom. The van der Waals surface area contributed by atoms with Gasteiger partial charge >= 0.3 is 0 Å². The molecule has 0 atom stereocenters. The normalized spacial score (nSPS) is 9.14. The van der Waals surface area contributed by atoms with Crippen molar-refractivity contribution in [2.75, 3.05) is 7.11 Å². The summed E-state index contributed by atoms with van der Waals surface area (Å²) in [6.07, 6.45) is 1.60. The standard InChI is InChI=1S/C7H9NO2.C2H6.I2/c1-6(8-9-2)7-4-3-5-10-7;2*1-2/h3-5H,1-2H3;1-2H3;/b8-6+;;. The first kappa shape index (κ1) is 16.6. The number of furan rings is 1. The molecule has 0 radical (unpaired) electrons. The molecule has 5 heteroatoms. The lowest BCUT2D eigenvalue weighted by molar-refractivity contribution is 0.213. The summed E-state index contributed by atoms with van der Waals surface area (Å²) in [5, 5.41) is 3.69. The molecule has 0 spiro atoms. The minimum Gasteiger partial charge on any atom is -0.463 e. The Morgan fingerprint density at radius 1 is 1.43 bits per heavy atom. The van der Waals surface area contributed by atoms with Crippen LogP contribution >= 0.6 is 37.2 Å². The van der Waals surface area contributed by atoms with E-state index in [1.165, 1.54) is 7.11 Å². The van der Waals surface area contributed by atoms with Crippen LogP contribution in [0.25, 0.3) is 0 Å². The van der Waals surface area contributed by atoms with Crippen LogP contribution in [0.5, 0.6) is 0 Å². The second-order valence-electron chi connectivity index (χ2n) is 1.84. The second kappa shape index (κ2) is 13.2. The molecule has 3 nitrogen and oxygen atoms in total. The Balaban J connectivity index is 0. The fourth-order valence-corrected chi connectivity index (χ4v) is 0.666. The minimum absolute atomic E-state index is 0.738. The fraction of sp³-hybridized carbons (Fsp3) is 0.444. The number of rotatable bonds is 2. The second-order valence-corrected chi connectivity index (χ2v) is 1.84. The summed E-state index contributed by atoms with van der Waals surface area (Å²) >= 11 is 4.24. The number of hydrogen-bond donors (Lipinski definition) is 0. The highest BCUT2D eigenvalue weighted by Crippen LogP contribution is 2.01. The minimum atomic E-state index is 0.738. The van der Waals surface area contributed by atoms with E-state index in [-0.39, 0.29) is 0 Å². The summed E-state index contributed by atoms with van der Waals surface area (Å²) in [5.74, 6) is 0.738. The average Bonchev–Trinajstić information content (AvgIpc) is 2.77. The highest BCUT2D eigenvalue weighted by atomic mass is 128. The van der Waals surface area contributed by atoms with Crippen molar-refractivity contribution in [3.63, 3.8) is 0 Å². The Hall–Kier alpha value is 0.210. The topological polar surface area (TPSA) is 34.7 Å². The number of halogens is 2. The van der Waals surface area contributed by atoms with E-state index >= 15 is 0 Å². The van der Waals surface area contributed by atoms with Gasteiger partial charge in [-0.3, -0.25) is 0 Å². The molecule has 1 rings (SSSR count). The maximum Gasteiger partial charge on any atom is 0.151 e. The van der Waals surface area contributed by atoms with Crippen LogP contribution in [0.1, 0.15) is 26.5 Å². The van der Waals surface area contributed by atoms with E-state index in [0.29, 0.717) is 0 Å². The summed E-state index contributed by atoms with van der Waals surface area (Å²) in [4.78, 5) is 4.56. The summed E-state index contributed by atoms with van der Waals surface area (Å²) in [5.41, 5.74) is 0.743. The Kier molecular flexibility index (Phi) is 15.7. The number of oxime groups is 1. The zero-order valence-electron chi connectivity index (χ0n) is 8.75. The highest BCUT2D eigenvalue weighted by molar-refractivity contribution is 15.0. The van der Waals surface area contributed by atoms with Gasteiger partial charge in [-0.1, -0.05) is 19.0 Å². The summed E-state index contributed by atoms with van der Waals surface area (Å²) in [7, 11) is 1.51. The van der Waals surface area contributed by atoms with E-state index in [4.69, 9.17) is 4.42 Å². The third-order valence-corrected chi connectivity index (χ3v) is 1.11.